The highest BCUT2D eigenvalue weighted by Gasteiger charge is 2.32. The Labute approximate surface area is 178 Å². The third kappa shape index (κ3) is 4.23. The Morgan fingerprint density at radius 3 is 2.60 bits per heavy atom. The number of nitrogens with one attached hydrogen (secondary N) is 1. The average Bonchev–Trinajstić information content (AvgIpc) is 3.25. The lowest BCUT2D eigenvalue weighted by atomic mass is 9.97. The number of aryl methyl sites for hydroxylation is 2. The van der Waals surface area contributed by atoms with Crippen molar-refractivity contribution in [2.45, 2.75) is 43.5 Å². The van der Waals surface area contributed by atoms with Gasteiger partial charge in [-0.3, -0.25) is 4.79 Å². The number of ether oxygens (including phenoxy) is 1. The summed E-state index contributed by atoms with van der Waals surface area (Å²) in [6, 6.07) is 13.1. The quantitative estimate of drug-likeness (QED) is 0.768. The smallest absolute Gasteiger partial charge is 0.243 e. The Bertz CT molecular complexity index is 1030. The molecule has 0 atom stereocenters. The third-order valence-corrected chi connectivity index (χ3v) is 8.07. The fourth-order valence-electron chi connectivity index (χ4n) is 4.39. The lowest BCUT2D eigenvalue weighted by Crippen LogP contribution is -2.42. The van der Waals surface area contributed by atoms with E-state index in [0.717, 1.165) is 36.1 Å². The first-order valence-electron chi connectivity index (χ1n) is 10.5. The Morgan fingerprint density at radius 2 is 1.83 bits per heavy atom. The molecular formula is C23H28N2O4S. The van der Waals surface area contributed by atoms with Crippen molar-refractivity contribution in [2.75, 3.05) is 20.2 Å². The zero-order chi connectivity index (χ0) is 21.1. The van der Waals surface area contributed by atoms with E-state index in [1.54, 1.807) is 13.2 Å². The van der Waals surface area contributed by atoms with Crippen LogP contribution in [0.5, 0.6) is 5.75 Å². The van der Waals surface area contributed by atoms with Gasteiger partial charge in [0.15, 0.2) is 0 Å². The predicted molar refractivity (Wildman–Crippen MR) is 115 cm³/mol. The molecule has 7 heteroatoms. The van der Waals surface area contributed by atoms with E-state index >= 15 is 0 Å². The van der Waals surface area contributed by atoms with Crippen molar-refractivity contribution in [3.05, 3.63) is 59.2 Å². The summed E-state index contributed by atoms with van der Waals surface area (Å²) in [4.78, 5) is 13.0. The summed E-state index contributed by atoms with van der Waals surface area (Å²) in [5.41, 5.74) is 3.34. The Kier molecular flexibility index (Phi) is 6.11. The molecule has 2 aromatic rings. The Morgan fingerprint density at radius 1 is 1.10 bits per heavy atom. The minimum atomic E-state index is -3.51. The molecule has 160 valence electrons. The van der Waals surface area contributed by atoms with Crippen molar-refractivity contribution in [1.82, 2.24) is 9.62 Å². The van der Waals surface area contributed by atoms with Crippen molar-refractivity contribution in [3.8, 4) is 5.75 Å². The lowest BCUT2D eigenvalue weighted by molar-refractivity contribution is -0.126. The molecule has 0 unspecified atom stereocenters. The van der Waals surface area contributed by atoms with Gasteiger partial charge in [0.25, 0.3) is 0 Å². The second-order valence-corrected chi connectivity index (χ2v) is 9.93. The van der Waals surface area contributed by atoms with Gasteiger partial charge in [-0.25, -0.2) is 8.42 Å². The van der Waals surface area contributed by atoms with Crippen LogP contribution in [-0.4, -0.2) is 38.8 Å². The summed E-state index contributed by atoms with van der Waals surface area (Å²) < 4.78 is 33.0. The first-order chi connectivity index (χ1) is 14.5. The van der Waals surface area contributed by atoms with E-state index in [4.69, 9.17) is 4.74 Å². The standard InChI is InChI=1S/C23H28N2O4S/c1-29-22-8-3-2-5-20(22)16-24-23(26)18-11-13-25(14-12-18)30(27,28)21-10-9-17-6-4-7-19(17)15-21/h2-3,5,8-10,15,18H,4,6-7,11-14,16H2,1H3,(H,24,26). The molecule has 0 saturated carbocycles. The first-order valence-corrected chi connectivity index (χ1v) is 11.9. The SMILES string of the molecule is COc1ccccc1CNC(=O)C1CCN(S(=O)(=O)c2ccc3c(c2)CCC3)CC1. The van der Waals surface area contributed by atoms with Gasteiger partial charge in [0.2, 0.25) is 15.9 Å². The van der Waals surface area contributed by atoms with E-state index in [1.165, 1.54) is 9.87 Å². The Hall–Kier alpha value is -2.38. The van der Waals surface area contributed by atoms with Crippen LogP contribution in [0.1, 0.15) is 36.0 Å². The number of piperidine rings is 1. The van der Waals surface area contributed by atoms with Gasteiger partial charge in [-0.1, -0.05) is 24.3 Å². The molecular weight excluding hydrogens is 400 g/mol. The maximum Gasteiger partial charge on any atom is 0.243 e. The first kappa shape index (κ1) is 20.9. The van der Waals surface area contributed by atoms with E-state index in [1.807, 2.05) is 36.4 Å². The number of fused-ring (bicyclic) bond motifs is 1. The number of amides is 1. The van der Waals surface area contributed by atoms with Crippen molar-refractivity contribution >= 4 is 15.9 Å². The largest absolute Gasteiger partial charge is 0.496 e. The molecule has 1 heterocycles. The summed E-state index contributed by atoms with van der Waals surface area (Å²) >= 11 is 0. The number of hydrogen-bond acceptors (Lipinski definition) is 4. The number of rotatable bonds is 6. The molecule has 1 amide bonds. The number of benzene rings is 2. The molecule has 0 spiro atoms. The lowest BCUT2D eigenvalue weighted by Gasteiger charge is -2.30. The van der Waals surface area contributed by atoms with Crippen molar-refractivity contribution in [3.63, 3.8) is 0 Å². The van der Waals surface area contributed by atoms with Crippen molar-refractivity contribution < 1.29 is 17.9 Å². The van der Waals surface area contributed by atoms with Gasteiger partial charge in [0.1, 0.15) is 5.75 Å². The fourth-order valence-corrected chi connectivity index (χ4v) is 5.91. The van der Waals surface area contributed by atoms with Crippen LogP contribution in [0.2, 0.25) is 0 Å². The van der Waals surface area contributed by atoms with Crippen LogP contribution in [0.25, 0.3) is 0 Å². The number of hydrogen-bond donors (Lipinski definition) is 1. The molecule has 1 fully saturated rings. The molecule has 30 heavy (non-hydrogen) atoms. The highest BCUT2D eigenvalue weighted by molar-refractivity contribution is 7.89. The highest BCUT2D eigenvalue weighted by atomic mass is 32.2. The van der Waals surface area contributed by atoms with Crippen LogP contribution in [0.3, 0.4) is 0 Å². The van der Waals surface area contributed by atoms with Gasteiger partial charge >= 0.3 is 0 Å². The van der Waals surface area contributed by atoms with Crippen LogP contribution in [0.15, 0.2) is 47.4 Å². The molecule has 1 N–H and O–H groups in total. The molecule has 0 bridgehead atoms. The van der Waals surface area contributed by atoms with Crippen LogP contribution >= 0.6 is 0 Å². The predicted octanol–water partition coefficient (Wildman–Crippen LogP) is 2.90. The van der Waals surface area contributed by atoms with Crippen LogP contribution in [0.4, 0.5) is 0 Å². The van der Waals surface area contributed by atoms with Crippen molar-refractivity contribution in [1.29, 1.82) is 0 Å². The molecule has 1 saturated heterocycles. The van der Waals surface area contributed by atoms with Crippen LogP contribution in [-0.2, 0) is 34.2 Å². The maximum atomic E-state index is 13.1. The van der Waals surface area contributed by atoms with E-state index in [2.05, 4.69) is 5.32 Å². The summed E-state index contributed by atoms with van der Waals surface area (Å²) in [6.45, 7) is 1.13. The van der Waals surface area contributed by atoms with Gasteiger partial charge in [0, 0.05) is 31.1 Å². The summed E-state index contributed by atoms with van der Waals surface area (Å²) in [6.07, 6.45) is 4.14. The number of para-hydroxylation sites is 1. The number of sulfonamides is 1. The van der Waals surface area contributed by atoms with Gasteiger partial charge in [-0.2, -0.15) is 4.31 Å². The number of nitrogens with zero attached hydrogens (tertiary/aromatic N) is 1. The number of carbonyl (C=O) groups is 1. The number of methoxy groups -OCH3 is 1. The molecule has 2 aliphatic rings. The molecule has 1 aliphatic heterocycles. The Balaban J connectivity index is 1.34. The third-order valence-electron chi connectivity index (χ3n) is 6.18. The van der Waals surface area contributed by atoms with Crippen LogP contribution in [0, 0.1) is 5.92 Å². The van der Waals surface area contributed by atoms with E-state index in [-0.39, 0.29) is 11.8 Å². The zero-order valence-corrected chi connectivity index (χ0v) is 18.1. The summed E-state index contributed by atoms with van der Waals surface area (Å²) in [5.74, 6) is 0.537. The van der Waals surface area contributed by atoms with Crippen molar-refractivity contribution in [2.24, 2.45) is 5.92 Å². The van der Waals surface area contributed by atoms with Crippen LogP contribution < -0.4 is 10.1 Å². The second-order valence-electron chi connectivity index (χ2n) is 7.99. The number of carbonyl (C=O) groups excluding carboxylic acids is 1. The molecule has 0 radical (unpaired) electrons. The molecule has 4 rings (SSSR count). The summed E-state index contributed by atoms with van der Waals surface area (Å²) in [5, 5.41) is 2.97. The normalized spacial score (nSPS) is 17.5. The maximum absolute atomic E-state index is 13.1. The second kappa shape index (κ2) is 8.78. The van der Waals surface area contributed by atoms with E-state index < -0.39 is 10.0 Å². The molecule has 6 nitrogen and oxygen atoms in total. The fraction of sp³-hybridized carbons (Fsp3) is 0.435. The van der Waals surface area contributed by atoms with Gasteiger partial charge < -0.3 is 10.1 Å². The summed E-state index contributed by atoms with van der Waals surface area (Å²) in [7, 11) is -1.90. The average molecular weight is 429 g/mol. The topological polar surface area (TPSA) is 75.7 Å². The molecule has 0 aromatic heterocycles. The monoisotopic (exact) mass is 428 g/mol. The highest BCUT2D eigenvalue weighted by Crippen LogP contribution is 2.28. The van der Waals surface area contributed by atoms with E-state index in [0.29, 0.717) is 37.4 Å². The molecule has 1 aliphatic carbocycles. The van der Waals surface area contributed by atoms with Gasteiger partial charge in [-0.15, -0.1) is 0 Å². The van der Waals surface area contributed by atoms with Gasteiger partial charge in [-0.05, 0) is 61.4 Å². The minimum Gasteiger partial charge on any atom is -0.496 e. The minimum absolute atomic E-state index is 0.0320. The van der Waals surface area contributed by atoms with E-state index in [9.17, 15) is 13.2 Å². The zero-order valence-electron chi connectivity index (χ0n) is 17.3. The van der Waals surface area contributed by atoms with Gasteiger partial charge in [0.05, 0.1) is 12.0 Å². The molecule has 2 aromatic carbocycles.